The number of urea groups is 1. The van der Waals surface area contributed by atoms with E-state index in [4.69, 9.17) is 23.2 Å². The van der Waals surface area contributed by atoms with Gasteiger partial charge in [-0.15, -0.1) is 0 Å². The predicted octanol–water partition coefficient (Wildman–Crippen LogP) is 5.27. The summed E-state index contributed by atoms with van der Waals surface area (Å²) >= 11 is 11.8. The van der Waals surface area contributed by atoms with Crippen molar-refractivity contribution < 1.29 is 4.79 Å². The Bertz CT molecular complexity index is 712. The molecule has 120 valence electrons. The number of carbonyl (C=O) groups is 1. The summed E-state index contributed by atoms with van der Waals surface area (Å²) in [7, 11) is 0. The Morgan fingerprint density at radius 3 is 2.43 bits per heavy atom. The number of anilines is 1. The maximum atomic E-state index is 11.8. The molecule has 2 N–H and O–H groups in total. The van der Waals surface area contributed by atoms with Gasteiger partial charge < -0.3 is 5.32 Å². The Balaban J connectivity index is 1.90. The molecule has 0 fully saturated rings. The van der Waals surface area contributed by atoms with E-state index >= 15 is 0 Å². The lowest BCUT2D eigenvalue weighted by molar-refractivity contribution is 0.252. The third-order valence-electron chi connectivity index (χ3n) is 3.16. The highest BCUT2D eigenvalue weighted by atomic mass is 35.5. The second-order valence-corrected chi connectivity index (χ2v) is 6.11. The van der Waals surface area contributed by atoms with E-state index in [9.17, 15) is 4.79 Å². The molecule has 0 unspecified atom stereocenters. The molecule has 0 spiro atoms. The number of halogens is 2. The fourth-order valence-corrected chi connectivity index (χ4v) is 2.33. The summed E-state index contributed by atoms with van der Waals surface area (Å²) < 4.78 is 0. The van der Waals surface area contributed by atoms with Crippen LogP contribution in [0.25, 0.3) is 0 Å². The monoisotopic (exact) mass is 349 g/mol. The number of carbonyl (C=O) groups excluding carboxylic acids is 1. The summed E-state index contributed by atoms with van der Waals surface area (Å²) in [6.45, 7) is 4.27. The van der Waals surface area contributed by atoms with E-state index in [1.807, 2.05) is 24.3 Å². The summed E-state index contributed by atoms with van der Waals surface area (Å²) in [6, 6.07) is 12.3. The van der Waals surface area contributed by atoms with E-state index < -0.39 is 6.03 Å². The van der Waals surface area contributed by atoms with Crippen LogP contribution in [-0.4, -0.2) is 12.2 Å². The summed E-state index contributed by atoms with van der Waals surface area (Å²) in [4.78, 5) is 11.8. The van der Waals surface area contributed by atoms with E-state index in [1.165, 1.54) is 5.56 Å². The van der Waals surface area contributed by atoms with Crippen LogP contribution in [-0.2, 0) is 0 Å². The number of rotatable bonds is 4. The lowest BCUT2D eigenvalue weighted by Gasteiger charge is -2.06. The van der Waals surface area contributed by atoms with Crippen LogP contribution in [0.4, 0.5) is 10.5 Å². The highest BCUT2D eigenvalue weighted by Crippen LogP contribution is 2.25. The predicted molar refractivity (Wildman–Crippen MR) is 96.7 cm³/mol. The van der Waals surface area contributed by atoms with E-state index in [-0.39, 0.29) is 0 Å². The van der Waals surface area contributed by atoms with Crippen LogP contribution in [0.5, 0.6) is 0 Å². The third kappa shape index (κ3) is 5.27. The highest BCUT2D eigenvalue weighted by Gasteiger charge is 2.05. The molecule has 23 heavy (non-hydrogen) atoms. The fraction of sp³-hybridized carbons (Fsp3) is 0.176. The molecule has 0 aliphatic carbocycles. The van der Waals surface area contributed by atoms with Crippen LogP contribution >= 0.6 is 23.2 Å². The Kier molecular flexibility index (Phi) is 6.02. The molecule has 0 heterocycles. The first-order valence-electron chi connectivity index (χ1n) is 7.11. The van der Waals surface area contributed by atoms with Gasteiger partial charge in [-0.2, -0.15) is 5.10 Å². The average Bonchev–Trinajstić information content (AvgIpc) is 2.50. The Morgan fingerprint density at radius 1 is 1.13 bits per heavy atom. The number of amides is 2. The maximum Gasteiger partial charge on any atom is 0.339 e. The van der Waals surface area contributed by atoms with Crippen LogP contribution < -0.4 is 10.7 Å². The number of hydrogen-bond acceptors (Lipinski definition) is 2. The van der Waals surface area contributed by atoms with Gasteiger partial charge in [0.1, 0.15) is 0 Å². The van der Waals surface area contributed by atoms with Crippen LogP contribution in [0, 0.1) is 0 Å². The zero-order valence-electron chi connectivity index (χ0n) is 12.8. The molecule has 0 aliphatic rings. The first kappa shape index (κ1) is 17.3. The highest BCUT2D eigenvalue weighted by molar-refractivity contribution is 6.36. The SMILES string of the molecule is CC(C)c1ccc(/C=N/NC(=O)Nc2ccc(Cl)cc2Cl)cc1. The van der Waals surface area contributed by atoms with Gasteiger partial charge in [0.05, 0.1) is 16.9 Å². The van der Waals surface area contributed by atoms with Gasteiger partial charge in [0.2, 0.25) is 0 Å². The molecule has 0 aliphatic heterocycles. The minimum absolute atomic E-state index is 0.362. The van der Waals surface area contributed by atoms with Gasteiger partial charge in [0.25, 0.3) is 0 Å². The van der Waals surface area contributed by atoms with Gasteiger partial charge in [-0.05, 0) is 35.2 Å². The molecule has 2 amide bonds. The maximum absolute atomic E-state index is 11.8. The Hall–Kier alpha value is -2.04. The Morgan fingerprint density at radius 2 is 1.83 bits per heavy atom. The van der Waals surface area contributed by atoms with E-state index in [2.05, 4.69) is 29.7 Å². The lowest BCUT2D eigenvalue weighted by atomic mass is 10.0. The molecule has 6 heteroatoms. The molecule has 2 aromatic carbocycles. The van der Waals surface area contributed by atoms with Crippen molar-refractivity contribution in [3.05, 3.63) is 63.6 Å². The molecule has 2 rings (SSSR count). The molecule has 2 aromatic rings. The van der Waals surface area contributed by atoms with Crippen LogP contribution in [0.3, 0.4) is 0 Å². The van der Waals surface area contributed by atoms with E-state index in [0.29, 0.717) is 21.7 Å². The van der Waals surface area contributed by atoms with E-state index in [0.717, 1.165) is 5.56 Å². The van der Waals surface area contributed by atoms with Crippen molar-refractivity contribution in [2.75, 3.05) is 5.32 Å². The van der Waals surface area contributed by atoms with Crippen molar-refractivity contribution >= 4 is 41.1 Å². The Labute approximate surface area is 145 Å². The molecule has 0 bridgehead atoms. The van der Waals surface area contributed by atoms with Crippen LogP contribution in [0.2, 0.25) is 10.0 Å². The molecule has 0 aromatic heterocycles. The first-order chi connectivity index (χ1) is 11.0. The third-order valence-corrected chi connectivity index (χ3v) is 3.71. The van der Waals surface area contributed by atoms with Crippen molar-refractivity contribution in [1.82, 2.24) is 5.43 Å². The zero-order valence-corrected chi connectivity index (χ0v) is 14.3. The molecule has 4 nitrogen and oxygen atoms in total. The second kappa shape index (κ2) is 7.99. The summed E-state index contributed by atoms with van der Waals surface area (Å²) in [5.74, 6) is 0.481. The summed E-state index contributed by atoms with van der Waals surface area (Å²) in [5, 5.41) is 7.36. The van der Waals surface area contributed by atoms with Gasteiger partial charge in [-0.25, -0.2) is 10.2 Å². The quantitative estimate of drug-likeness (QED) is 0.573. The standard InChI is InChI=1S/C17H17Cl2N3O/c1-11(2)13-5-3-12(4-6-13)10-20-22-17(23)21-16-8-7-14(18)9-15(16)19/h3-11H,1-2H3,(H2,21,22,23)/b20-10+. The topological polar surface area (TPSA) is 53.5 Å². The fourth-order valence-electron chi connectivity index (χ4n) is 1.87. The number of benzene rings is 2. The van der Waals surface area contributed by atoms with Gasteiger partial charge >= 0.3 is 6.03 Å². The van der Waals surface area contributed by atoms with Crippen LogP contribution in [0.1, 0.15) is 30.9 Å². The summed E-state index contributed by atoms with van der Waals surface area (Å²) in [6.07, 6.45) is 1.58. The van der Waals surface area contributed by atoms with E-state index in [1.54, 1.807) is 24.4 Å². The minimum atomic E-state index is -0.482. The molecular formula is C17H17Cl2N3O. The van der Waals surface area contributed by atoms with Gasteiger partial charge in [-0.1, -0.05) is 61.3 Å². The molecular weight excluding hydrogens is 333 g/mol. The van der Waals surface area contributed by atoms with Gasteiger partial charge in [0.15, 0.2) is 0 Å². The van der Waals surface area contributed by atoms with Crippen molar-refractivity contribution in [3.63, 3.8) is 0 Å². The number of hydrazone groups is 1. The zero-order chi connectivity index (χ0) is 16.8. The summed E-state index contributed by atoms with van der Waals surface area (Å²) in [5.41, 5.74) is 5.01. The minimum Gasteiger partial charge on any atom is -0.305 e. The molecule has 0 saturated heterocycles. The van der Waals surface area contributed by atoms with Crippen molar-refractivity contribution in [3.8, 4) is 0 Å². The molecule has 0 atom stereocenters. The van der Waals surface area contributed by atoms with Crippen molar-refractivity contribution in [2.24, 2.45) is 5.10 Å². The first-order valence-corrected chi connectivity index (χ1v) is 7.86. The molecule has 0 saturated carbocycles. The smallest absolute Gasteiger partial charge is 0.305 e. The largest absolute Gasteiger partial charge is 0.339 e. The average molecular weight is 350 g/mol. The molecule has 0 radical (unpaired) electrons. The normalized spacial score (nSPS) is 11.0. The number of nitrogens with zero attached hydrogens (tertiary/aromatic N) is 1. The lowest BCUT2D eigenvalue weighted by Crippen LogP contribution is -2.24. The van der Waals surface area contributed by atoms with Crippen molar-refractivity contribution in [1.29, 1.82) is 0 Å². The number of hydrogen-bond donors (Lipinski definition) is 2. The van der Waals surface area contributed by atoms with Gasteiger partial charge in [0, 0.05) is 5.02 Å². The van der Waals surface area contributed by atoms with Gasteiger partial charge in [-0.3, -0.25) is 0 Å². The second-order valence-electron chi connectivity index (χ2n) is 5.27. The van der Waals surface area contributed by atoms with Crippen LogP contribution in [0.15, 0.2) is 47.6 Å². The number of nitrogens with one attached hydrogen (secondary N) is 2. The van der Waals surface area contributed by atoms with Crippen molar-refractivity contribution in [2.45, 2.75) is 19.8 Å².